The largest absolute Gasteiger partial charge is 0.491 e. The Labute approximate surface area is 202 Å². The van der Waals surface area contributed by atoms with E-state index in [2.05, 4.69) is 5.32 Å². The van der Waals surface area contributed by atoms with Crippen molar-refractivity contribution >= 4 is 40.5 Å². The maximum atomic E-state index is 13.2. The molecule has 2 heterocycles. The van der Waals surface area contributed by atoms with Crippen LogP contribution in [0.3, 0.4) is 0 Å². The van der Waals surface area contributed by atoms with E-state index >= 15 is 0 Å². The summed E-state index contributed by atoms with van der Waals surface area (Å²) in [5.41, 5.74) is 3.01. The number of aryl methyl sites for hydroxylation is 1. The molecule has 4 aromatic rings. The van der Waals surface area contributed by atoms with Crippen LogP contribution in [-0.4, -0.2) is 29.0 Å². The summed E-state index contributed by atoms with van der Waals surface area (Å²) in [4.78, 5) is 39.2. The number of hydrogen-bond donors (Lipinski definition) is 1. The first-order chi connectivity index (χ1) is 17.0. The van der Waals surface area contributed by atoms with Crippen molar-refractivity contribution in [2.45, 2.75) is 13.5 Å². The number of benzene rings is 3. The number of barbiturate groups is 1. The summed E-state index contributed by atoms with van der Waals surface area (Å²) < 4.78 is 7.99. The van der Waals surface area contributed by atoms with E-state index in [1.165, 1.54) is 0 Å². The van der Waals surface area contributed by atoms with Gasteiger partial charge in [-0.15, -0.1) is 0 Å². The molecule has 3 aromatic carbocycles. The molecule has 0 spiro atoms. The third-order valence-electron chi connectivity index (χ3n) is 5.92. The normalized spacial score (nSPS) is 15.1. The molecule has 1 aliphatic rings. The van der Waals surface area contributed by atoms with Gasteiger partial charge in [-0.2, -0.15) is 0 Å². The number of nitrogens with one attached hydrogen (secondary N) is 1. The van der Waals surface area contributed by atoms with Gasteiger partial charge >= 0.3 is 6.03 Å². The van der Waals surface area contributed by atoms with E-state index < -0.39 is 17.8 Å². The highest BCUT2D eigenvalue weighted by Gasteiger charge is 2.36. The molecular weight excluding hydrogens is 442 g/mol. The third-order valence-corrected chi connectivity index (χ3v) is 5.92. The summed E-state index contributed by atoms with van der Waals surface area (Å²) in [5, 5.41) is 3.16. The SMILES string of the molecule is Cc1ccccc1OCCn1cc(/C=C2/C(=O)NC(=O)N(c3ccccc3)C2=O)c2ccccc21. The second-order valence-corrected chi connectivity index (χ2v) is 8.20. The number of carbonyl (C=O) groups excluding carboxylic acids is 3. The molecule has 7 nitrogen and oxygen atoms in total. The quantitative estimate of drug-likeness (QED) is 0.331. The van der Waals surface area contributed by atoms with Gasteiger partial charge in [-0.1, -0.05) is 54.6 Å². The van der Waals surface area contributed by atoms with Crippen molar-refractivity contribution in [1.82, 2.24) is 9.88 Å². The third kappa shape index (κ3) is 4.31. The van der Waals surface area contributed by atoms with Gasteiger partial charge in [0.25, 0.3) is 11.8 Å². The number of anilines is 1. The summed E-state index contributed by atoms with van der Waals surface area (Å²) in [6.07, 6.45) is 3.43. The number of imide groups is 2. The van der Waals surface area contributed by atoms with Crippen LogP contribution < -0.4 is 15.0 Å². The highest BCUT2D eigenvalue weighted by atomic mass is 16.5. The van der Waals surface area contributed by atoms with Gasteiger partial charge in [0.05, 0.1) is 12.2 Å². The number of carbonyl (C=O) groups is 3. The standard InChI is InChI=1S/C28H23N3O4/c1-19-9-5-8-14-25(19)35-16-15-30-18-20(22-12-6-7-13-24(22)30)17-23-26(32)29-28(34)31(27(23)33)21-10-3-2-4-11-21/h2-14,17-18H,15-16H2,1H3,(H,29,32,34)/b23-17-. The fraction of sp³-hybridized carbons (Fsp3) is 0.107. The molecule has 1 saturated heterocycles. The summed E-state index contributed by atoms with van der Waals surface area (Å²) in [7, 11) is 0. The lowest BCUT2D eigenvalue weighted by atomic mass is 10.1. The van der Waals surface area contributed by atoms with Crippen molar-refractivity contribution < 1.29 is 19.1 Å². The van der Waals surface area contributed by atoms with Crippen molar-refractivity contribution in [3.8, 4) is 5.75 Å². The fourth-order valence-corrected chi connectivity index (χ4v) is 4.17. The zero-order chi connectivity index (χ0) is 24.4. The molecule has 7 heteroatoms. The summed E-state index contributed by atoms with van der Waals surface area (Å²) >= 11 is 0. The lowest BCUT2D eigenvalue weighted by molar-refractivity contribution is -0.122. The zero-order valence-electron chi connectivity index (χ0n) is 19.1. The Morgan fingerprint density at radius 2 is 1.60 bits per heavy atom. The van der Waals surface area contributed by atoms with Crippen LogP contribution in [0.5, 0.6) is 5.75 Å². The van der Waals surface area contributed by atoms with Crippen LogP contribution in [0.25, 0.3) is 17.0 Å². The number of ether oxygens (including phenoxy) is 1. The molecule has 5 rings (SSSR count). The van der Waals surface area contributed by atoms with Crippen LogP contribution >= 0.6 is 0 Å². The predicted octanol–water partition coefficient (Wildman–Crippen LogP) is 4.70. The van der Waals surface area contributed by atoms with Crippen LogP contribution in [0.15, 0.2) is 90.6 Å². The summed E-state index contributed by atoms with van der Waals surface area (Å²) in [6, 6.07) is 23.4. The molecule has 1 aromatic heterocycles. The lowest BCUT2D eigenvalue weighted by Gasteiger charge is -2.26. The van der Waals surface area contributed by atoms with Gasteiger partial charge in [0.2, 0.25) is 0 Å². The molecule has 0 unspecified atom stereocenters. The monoisotopic (exact) mass is 465 g/mol. The number of rotatable bonds is 6. The van der Waals surface area contributed by atoms with Gasteiger partial charge in [-0.3, -0.25) is 14.9 Å². The Balaban J connectivity index is 1.46. The minimum absolute atomic E-state index is 0.104. The van der Waals surface area contributed by atoms with Crippen LogP contribution in [0.2, 0.25) is 0 Å². The minimum atomic E-state index is -0.765. The summed E-state index contributed by atoms with van der Waals surface area (Å²) in [6.45, 7) is 3.03. The number of nitrogens with zero attached hydrogens (tertiary/aromatic N) is 2. The highest BCUT2D eigenvalue weighted by molar-refractivity contribution is 6.39. The highest BCUT2D eigenvalue weighted by Crippen LogP contribution is 2.27. The number of fused-ring (bicyclic) bond motifs is 1. The van der Waals surface area contributed by atoms with E-state index in [9.17, 15) is 14.4 Å². The first kappa shape index (κ1) is 22.2. The maximum absolute atomic E-state index is 13.2. The molecule has 1 N–H and O–H groups in total. The Bertz CT molecular complexity index is 1470. The maximum Gasteiger partial charge on any atom is 0.335 e. The molecule has 35 heavy (non-hydrogen) atoms. The molecule has 0 radical (unpaired) electrons. The first-order valence-corrected chi connectivity index (χ1v) is 11.3. The van der Waals surface area contributed by atoms with Crippen molar-refractivity contribution in [1.29, 1.82) is 0 Å². The van der Waals surface area contributed by atoms with Gasteiger partial charge in [-0.05, 0) is 42.8 Å². The second-order valence-electron chi connectivity index (χ2n) is 8.20. The van der Waals surface area contributed by atoms with Crippen molar-refractivity contribution in [3.05, 3.63) is 102 Å². The number of hydrogen-bond acceptors (Lipinski definition) is 4. The molecule has 1 aliphatic heterocycles. The lowest BCUT2D eigenvalue weighted by Crippen LogP contribution is -2.54. The smallest absolute Gasteiger partial charge is 0.335 e. The van der Waals surface area contributed by atoms with Crippen LogP contribution in [0, 0.1) is 6.92 Å². The average molecular weight is 466 g/mol. The molecule has 0 atom stereocenters. The molecule has 174 valence electrons. The van der Waals surface area contributed by atoms with Crippen LogP contribution in [0.1, 0.15) is 11.1 Å². The van der Waals surface area contributed by atoms with E-state index in [0.717, 1.165) is 27.1 Å². The summed E-state index contributed by atoms with van der Waals surface area (Å²) in [5.74, 6) is -0.544. The average Bonchev–Trinajstić information content (AvgIpc) is 3.21. The van der Waals surface area contributed by atoms with E-state index in [0.29, 0.717) is 24.4 Å². The van der Waals surface area contributed by atoms with E-state index in [-0.39, 0.29) is 5.57 Å². The van der Waals surface area contributed by atoms with Gasteiger partial charge in [-0.25, -0.2) is 9.69 Å². The number of amides is 4. The Morgan fingerprint density at radius 1 is 0.886 bits per heavy atom. The van der Waals surface area contributed by atoms with E-state index in [4.69, 9.17) is 4.74 Å². The first-order valence-electron chi connectivity index (χ1n) is 11.3. The molecule has 0 bridgehead atoms. The minimum Gasteiger partial charge on any atom is -0.491 e. The topological polar surface area (TPSA) is 80.6 Å². The van der Waals surface area contributed by atoms with Gasteiger partial charge in [0, 0.05) is 22.7 Å². The molecule has 1 fully saturated rings. The van der Waals surface area contributed by atoms with Crippen molar-refractivity contribution in [2.75, 3.05) is 11.5 Å². The van der Waals surface area contributed by atoms with Crippen molar-refractivity contribution in [2.24, 2.45) is 0 Å². The molecule has 0 aliphatic carbocycles. The van der Waals surface area contributed by atoms with E-state index in [1.807, 2.05) is 66.2 Å². The Kier molecular flexibility index (Phi) is 5.89. The zero-order valence-corrected chi connectivity index (χ0v) is 19.1. The Morgan fingerprint density at radius 3 is 2.40 bits per heavy atom. The van der Waals surface area contributed by atoms with Crippen LogP contribution in [0.4, 0.5) is 10.5 Å². The Hall–Kier alpha value is -4.65. The van der Waals surface area contributed by atoms with E-state index in [1.54, 1.807) is 36.4 Å². The number of urea groups is 1. The van der Waals surface area contributed by atoms with Crippen LogP contribution in [-0.2, 0) is 16.1 Å². The molecule has 4 amide bonds. The fourth-order valence-electron chi connectivity index (χ4n) is 4.17. The van der Waals surface area contributed by atoms with Gasteiger partial charge < -0.3 is 9.30 Å². The molecule has 0 saturated carbocycles. The van der Waals surface area contributed by atoms with Crippen molar-refractivity contribution in [3.63, 3.8) is 0 Å². The predicted molar refractivity (Wildman–Crippen MR) is 134 cm³/mol. The number of para-hydroxylation sites is 3. The second kappa shape index (κ2) is 9.30. The molecular formula is C28H23N3O4. The van der Waals surface area contributed by atoms with Gasteiger partial charge in [0.15, 0.2) is 0 Å². The van der Waals surface area contributed by atoms with Gasteiger partial charge in [0.1, 0.15) is 17.9 Å². The number of aromatic nitrogens is 1.